The molecule has 122 valence electrons. The number of piperidine rings is 1. The third-order valence-electron chi connectivity index (χ3n) is 5.05. The summed E-state index contributed by atoms with van der Waals surface area (Å²) in [5.74, 6) is 0.612. The lowest BCUT2D eigenvalue weighted by molar-refractivity contribution is 0.171. The molecular formula is C20H25NO2. The minimum atomic E-state index is 0.00273. The molecule has 0 bridgehead atoms. The van der Waals surface area contributed by atoms with Crippen molar-refractivity contribution in [3.63, 3.8) is 0 Å². The van der Waals surface area contributed by atoms with E-state index in [4.69, 9.17) is 0 Å². The van der Waals surface area contributed by atoms with Crippen LogP contribution in [0, 0.1) is 0 Å². The van der Waals surface area contributed by atoms with Gasteiger partial charge in [0.05, 0.1) is 0 Å². The Balaban J connectivity index is 1.97. The molecule has 0 radical (unpaired) electrons. The highest BCUT2D eigenvalue weighted by atomic mass is 16.3. The minimum absolute atomic E-state index is 0.00273. The second-order valence-electron chi connectivity index (χ2n) is 6.54. The van der Waals surface area contributed by atoms with Gasteiger partial charge in [-0.15, -0.1) is 0 Å². The Labute approximate surface area is 138 Å². The van der Waals surface area contributed by atoms with Gasteiger partial charge in [-0.3, -0.25) is 0 Å². The molecule has 3 rings (SSSR count). The second-order valence-corrected chi connectivity index (χ2v) is 6.54. The zero-order valence-electron chi connectivity index (χ0n) is 13.7. The van der Waals surface area contributed by atoms with E-state index < -0.39 is 0 Å². The molecule has 3 heteroatoms. The Morgan fingerprint density at radius 3 is 2.04 bits per heavy atom. The molecule has 3 nitrogen and oxygen atoms in total. The minimum Gasteiger partial charge on any atom is -0.508 e. The molecule has 2 N–H and O–H groups in total. The molecule has 1 fully saturated rings. The van der Waals surface area contributed by atoms with Gasteiger partial charge in [0.2, 0.25) is 0 Å². The van der Waals surface area contributed by atoms with Crippen molar-refractivity contribution in [1.29, 1.82) is 0 Å². The van der Waals surface area contributed by atoms with Crippen molar-refractivity contribution in [2.24, 2.45) is 0 Å². The number of likely N-dealkylation sites (tertiary alicyclic amines) is 1. The van der Waals surface area contributed by atoms with Gasteiger partial charge < -0.3 is 15.1 Å². The van der Waals surface area contributed by atoms with E-state index in [1.165, 1.54) is 19.3 Å². The lowest BCUT2D eigenvalue weighted by Gasteiger charge is -2.35. The average molecular weight is 311 g/mol. The molecule has 1 atom stereocenters. The summed E-state index contributed by atoms with van der Waals surface area (Å²) in [4.78, 5) is 2.41. The fraction of sp³-hybridized carbons (Fsp3) is 0.400. The fourth-order valence-corrected chi connectivity index (χ4v) is 3.70. The topological polar surface area (TPSA) is 43.7 Å². The summed E-state index contributed by atoms with van der Waals surface area (Å²) >= 11 is 0. The number of benzene rings is 2. The normalized spacial score (nSPS) is 19.1. The first-order valence-electron chi connectivity index (χ1n) is 8.43. The third kappa shape index (κ3) is 3.50. The van der Waals surface area contributed by atoms with E-state index in [1.54, 1.807) is 12.1 Å². The van der Waals surface area contributed by atoms with Crippen LogP contribution in [0.15, 0.2) is 48.5 Å². The van der Waals surface area contributed by atoms with Gasteiger partial charge in [0.15, 0.2) is 0 Å². The number of nitrogens with zero attached hydrogens (tertiary/aromatic N) is 1. The van der Waals surface area contributed by atoms with E-state index in [-0.39, 0.29) is 5.92 Å². The zero-order valence-corrected chi connectivity index (χ0v) is 13.7. The van der Waals surface area contributed by atoms with Crippen molar-refractivity contribution in [3.05, 3.63) is 59.7 Å². The van der Waals surface area contributed by atoms with Crippen molar-refractivity contribution < 1.29 is 10.2 Å². The van der Waals surface area contributed by atoms with E-state index >= 15 is 0 Å². The molecule has 23 heavy (non-hydrogen) atoms. The van der Waals surface area contributed by atoms with Gasteiger partial charge >= 0.3 is 0 Å². The smallest absolute Gasteiger partial charge is 0.119 e. The number of phenols is 2. The highest BCUT2D eigenvalue weighted by Crippen LogP contribution is 2.40. The van der Waals surface area contributed by atoms with E-state index in [9.17, 15) is 10.2 Å². The van der Waals surface area contributed by atoms with Crippen LogP contribution < -0.4 is 0 Å². The summed E-state index contributed by atoms with van der Waals surface area (Å²) in [6.07, 6.45) is 4.59. The van der Waals surface area contributed by atoms with Crippen LogP contribution in [0.2, 0.25) is 0 Å². The van der Waals surface area contributed by atoms with Gasteiger partial charge in [-0.05, 0) is 45.0 Å². The number of hydrogen-bond donors (Lipinski definition) is 2. The number of hydrogen-bond acceptors (Lipinski definition) is 3. The molecule has 2 aromatic rings. The quantitative estimate of drug-likeness (QED) is 0.893. The molecule has 1 unspecified atom stereocenters. The summed E-state index contributed by atoms with van der Waals surface area (Å²) in [5, 5.41) is 20.7. The second kappa shape index (κ2) is 7.05. The average Bonchev–Trinajstić information content (AvgIpc) is 2.56. The molecule has 0 aromatic heterocycles. The molecule has 1 saturated heterocycles. The van der Waals surface area contributed by atoms with Crippen LogP contribution in [0.1, 0.15) is 42.7 Å². The van der Waals surface area contributed by atoms with Crippen LogP contribution in [-0.4, -0.2) is 34.7 Å². The highest BCUT2D eigenvalue weighted by Gasteiger charge is 2.27. The van der Waals surface area contributed by atoms with Gasteiger partial charge in [-0.2, -0.15) is 0 Å². The number of phenolic OH excluding ortho intramolecular Hbond substituents is 2. The van der Waals surface area contributed by atoms with E-state index in [0.717, 1.165) is 24.1 Å². The molecule has 0 spiro atoms. The molecule has 0 amide bonds. The van der Waals surface area contributed by atoms with E-state index in [0.29, 0.717) is 17.5 Å². The standard InChI is InChI=1S/C20H25NO2/c1-21-13-7-6-8-15(21)14-18(16-9-2-4-11-19(16)22)17-10-3-5-12-20(17)23/h2-5,9-12,15,18,22-23H,6-8,13-14H2,1H3. The van der Waals surface area contributed by atoms with Crippen LogP contribution >= 0.6 is 0 Å². The molecule has 1 aliphatic heterocycles. The van der Waals surface area contributed by atoms with Gasteiger partial charge in [-0.1, -0.05) is 42.8 Å². The monoisotopic (exact) mass is 311 g/mol. The first-order chi connectivity index (χ1) is 11.2. The summed E-state index contributed by atoms with van der Waals surface area (Å²) < 4.78 is 0. The Bertz CT molecular complexity index is 610. The van der Waals surface area contributed by atoms with Gasteiger partial charge in [0, 0.05) is 23.1 Å². The maximum atomic E-state index is 10.3. The molecule has 0 saturated carbocycles. The molecule has 1 aliphatic rings. The Morgan fingerprint density at radius 2 is 1.52 bits per heavy atom. The van der Waals surface area contributed by atoms with Crippen molar-refractivity contribution in [2.75, 3.05) is 13.6 Å². The number of rotatable bonds is 4. The summed E-state index contributed by atoms with van der Waals surface area (Å²) in [7, 11) is 2.18. The Morgan fingerprint density at radius 1 is 0.957 bits per heavy atom. The first-order valence-corrected chi connectivity index (χ1v) is 8.43. The van der Waals surface area contributed by atoms with Gasteiger partial charge in [0.25, 0.3) is 0 Å². The molecule has 0 aliphatic carbocycles. The molecular weight excluding hydrogens is 286 g/mol. The van der Waals surface area contributed by atoms with Crippen LogP contribution in [0.4, 0.5) is 0 Å². The third-order valence-corrected chi connectivity index (χ3v) is 5.05. The van der Waals surface area contributed by atoms with E-state index in [1.807, 2.05) is 36.4 Å². The molecule has 2 aromatic carbocycles. The summed E-state index contributed by atoms with van der Waals surface area (Å²) in [6, 6.07) is 15.5. The highest BCUT2D eigenvalue weighted by molar-refractivity contribution is 5.46. The number of para-hydroxylation sites is 2. The first kappa shape index (κ1) is 15.9. The van der Waals surface area contributed by atoms with Crippen LogP contribution in [0.3, 0.4) is 0 Å². The summed E-state index contributed by atoms with van der Waals surface area (Å²) in [6.45, 7) is 1.12. The fourth-order valence-electron chi connectivity index (χ4n) is 3.70. The molecule has 1 heterocycles. The van der Waals surface area contributed by atoms with E-state index in [2.05, 4.69) is 11.9 Å². The van der Waals surface area contributed by atoms with Crippen molar-refractivity contribution in [1.82, 2.24) is 4.90 Å². The van der Waals surface area contributed by atoms with Crippen LogP contribution in [0.25, 0.3) is 0 Å². The van der Waals surface area contributed by atoms with Crippen molar-refractivity contribution >= 4 is 0 Å². The number of aromatic hydroxyl groups is 2. The predicted molar refractivity (Wildman–Crippen MR) is 92.9 cm³/mol. The maximum absolute atomic E-state index is 10.3. The van der Waals surface area contributed by atoms with Crippen molar-refractivity contribution in [3.8, 4) is 11.5 Å². The summed E-state index contributed by atoms with van der Waals surface area (Å²) in [5.41, 5.74) is 1.79. The van der Waals surface area contributed by atoms with Crippen LogP contribution in [-0.2, 0) is 0 Å². The van der Waals surface area contributed by atoms with Crippen LogP contribution in [0.5, 0.6) is 11.5 Å². The largest absolute Gasteiger partial charge is 0.508 e. The Kier molecular flexibility index (Phi) is 4.87. The Hall–Kier alpha value is -2.00. The maximum Gasteiger partial charge on any atom is 0.119 e. The lowest BCUT2D eigenvalue weighted by atomic mass is 9.82. The van der Waals surface area contributed by atoms with Gasteiger partial charge in [-0.25, -0.2) is 0 Å². The zero-order chi connectivity index (χ0) is 16.2. The van der Waals surface area contributed by atoms with Crippen molar-refractivity contribution in [2.45, 2.75) is 37.6 Å². The SMILES string of the molecule is CN1CCCCC1CC(c1ccccc1O)c1ccccc1O. The van der Waals surface area contributed by atoms with Gasteiger partial charge in [0.1, 0.15) is 11.5 Å². The lowest BCUT2D eigenvalue weighted by Crippen LogP contribution is -2.37. The predicted octanol–water partition coefficient (Wildman–Crippen LogP) is 4.10.